The molecule has 2 heterocycles. The van der Waals surface area contributed by atoms with E-state index in [4.69, 9.17) is 23.2 Å². The molecule has 0 radical (unpaired) electrons. The van der Waals surface area contributed by atoms with Crippen molar-refractivity contribution in [3.63, 3.8) is 0 Å². The van der Waals surface area contributed by atoms with Gasteiger partial charge in [0, 0.05) is 37.4 Å². The van der Waals surface area contributed by atoms with E-state index in [1.807, 2.05) is 9.80 Å². The minimum Gasteiger partial charge on any atom is -0.354 e. The first kappa shape index (κ1) is 23.1. The highest BCUT2D eigenvalue weighted by Crippen LogP contribution is 2.33. The van der Waals surface area contributed by atoms with Crippen molar-refractivity contribution in [1.29, 1.82) is 0 Å². The zero-order valence-corrected chi connectivity index (χ0v) is 18.2. The van der Waals surface area contributed by atoms with E-state index in [1.54, 1.807) is 12.1 Å². The van der Waals surface area contributed by atoms with Crippen LogP contribution in [0.4, 0.5) is 19.0 Å². The van der Waals surface area contributed by atoms with Crippen LogP contribution in [0.2, 0.25) is 10.0 Å². The topological polar surface area (TPSA) is 53.5 Å². The lowest BCUT2D eigenvalue weighted by Crippen LogP contribution is -2.34. The summed E-state index contributed by atoms with van der Waals surface area (Å²) < 4.78 is 63.5. The summed E-state index contributed by atoms with van der Waals surface area (Å²) in [5, 5.41) is 0.417. The molecule has 1 aliphatic heterocycles. The summed E-state index contributed by atoms with van der Waals surface area (Å²) in [5.74, 6) is 0.272. The zero-order valence-electron chi connectivity index (χ0n) is 15.9. The third-order valence-corrected chi connectivity index (χ3v) is 7.13. The van der Waals surface area contributed by atoms with Gasteiger partial charge in [-0.05, 0) is 43.3 Å². The van der Waals surface area contributed by atoms with Crippen molar-refractivity contribution in [1.82, 2.24) is 9.88 Å². The molecule has 5 nitrogen and oxygen atoms in total. The number of rotatable bonds is 5. The fourth-order valence-corrected chi connectivity index (χ4v) is 4.93. The molecule has 0 bridgehead atoms. The molecule has 0 amide bonds. The van der Waals surface area contributed by atoms with E-state index in [2.05, 4.69) is 4.98 Å². The Kier molecular flexibility index (Phi) is 7.16. The van der Waals surface area contributed by atoms with E-state index in [1.165, 1.54) is 12.1 Å². The number of hydrogen-bond acceptors (Lipinski definition) is 5. The lowest BCUT2D eigenvalue weighted by molar-refractivity contribution is -0.137. The minimum atomic E-state index is -4.50. The van der Waals surface area contributed by atoms with Crippen LogP contribution in [0.1, 0.15) is 12.0 Å². The maximum atomic E-state index is 12.8. The minimum absolute atomic E-state index is 0.0338. The second kappa shape index (κ2) is 9.30. The number of pyridine rings is 1. The summed E-state index contributed by atoms with van der Waals surface area (Å²) in [7, 11) is -3.43. The third kappa shape index (κ3) is 5.78. The molecule has 0 spiro atoms. The Morgan fingerprint density at radius 3 is 2.37 bits per heavy atom. The average Bonchev–Trinajstić information content (AvgIpc) is 2.92. The molecular formula is C19H20Cl2F3N3O2S. The van der Waals surface area contributed by atoms with Gasteiger partial charge < -0.3 is 9.80 Å². The summed E-state index contributed by atoms with van der Waals surface area (Å²) in [5.41, 5.74) is -0.889. The van der Waals surface area contributed by atoms with Crippen LogP contribution in [-0.4, -0.2) is 56.8 Å². The highest BCUT2D eigenvalue weighted by atomic mass is 35.5. The summed E-state index contributed by atoms with van der Waals surface area (Å²) >= 11 is 11.9. The summed E-state index contributed by atoms with van der Waals surface area (Å²) in [6, 6.07) is 6.93. The Morgan fingerprint density at radius 1 is 1.03 bits per heavy atom. The predicted octanol–water partition coefficient (Wildman–Crippen LogP) is 4.39. The molecule has 1 aliphatic rings. The Labute approximate surface area is 183 Å². The van der Waals surface area contributed by atoms with Gasteiger partial charge >= 0.3 is 6.18 Å². The average molecular weight is 482 g/mol. The van der Waals surface area contributed by atoms with E-state index < -0.39 is 21.6 Å². The number of hydrogen-bond donors (Lipinski definition) is 0. The molecule has 0 atom stereocenters. The van der Waals surface area contributed by atoms with Crippen LogP contribution in [-0.2, 0) is 16.0 Å². The van der Waals surface area contributed by atoms with Crippen LogP contribution in [0.5, 0.6) is 0 Å². The quantitative estimate of drug-likeness (QED) is 0.633. The molecule has 1 fully saturated rings. The van der Waals surface area contributed by atoms with E-state index in [0.29, 0.717) is 50.0 Å². The lowest BCUT2D eigenvalue weighted by Gasteiger charge is -2.24. The fourth-order valence-electron chi connectivity index (χ4n) is 3.23. The molecule has 30 heavy (non-hydrogen) atoms. The first-order chi connectivity index (χ1) is 14.1. The van der Waals surface area contributed by atoms with Crippen molar-refractivity contribution < 1.29 is 21.6 Å². The van der Waals surface area contributed by atoms with Crippen molar-refractivity contribution >= 4 is 38.9 Å². The van der Waals surface area contributed by atoms with Gasteiger partial charge in [-0.2, -0.15) is 13.2 Å². The molecule has 11 heteroatoms. The number of benzene rings is 1. The monoisotopic (exact) mass is 481 g/mol. The SMILES string of the molecule is O=S(=O)(CCN1CCCN(c2ncc(C(F)(F)F)cc2Cl)CC1)c1ccc(Cl)cc1. The van der Waals surface area contributed by atoms with Gasteiger partial charge in [-0.3, -0.25) is 0 Å². The van der Waals surface area contributed by atoms with E-state index >= 15 is 0 Å². The Hall–Kier alpha value is -1.55. The van der Waals surface area contributed by atoms with Crippen molar-refractivity contribution in [2.45, 2.75) is 17.5 Å². The van der Waals surface area contributed by atoms with Gasteiger partial charge in [-0.25, -0.2) is 13.4 Å². The van der Waals surface area contributed by atoms with E-state index in [0.717, 1.165) is 12.3 Å². The molecule has 1 aromatic heterocycles. The van der Waals surface area contributed by atoms with Crippen molar-refractivity contribution in [2.24, 2.45) is 0 Å². The lowest BCUT2D eigenvalue weighted by atomic mass is 10.2. The van der Waals surface area contributed by atoms with E-state index in [-0.39, 0.29) is 15.7 Å². The van der Waals surface area contributed by atoms with Crippen LogP contribution in [0.3, 0.4) is 0 Å². The van der Waals surface area contributed by atoms with Crippen molar-refractivity contribution in [3.05, 3.63) is 52.1 Å². The summed E-state index contributed by atoms with van der Waals surface area (Å²) in [4.78, 5) is 7.99. The molecular weight excluding hydrogens is 462 g/mol. The molecule has 164 valence electrons. The van der Waals surface area contributed by atoms with Gasteiger partial charge in [0.2, 0.25) is 0 Å². The van der Waals surface area contributed by atoms with Gasteiger partial charge in [0.15, 0.2) is 9.84 Å². The number of anilines is 1. The fraction of sp³-hybridized carbons (Fsp3) is 0.421. The highest BCUT2D eigenvalue weighted by Gasteiger charge is 2.32. The highest BCUT2D eigenvalue weighted by molar-refractivity contribution is 7.91. The third-order valence-electron chi connectivity index (χ3n) is 4.89. The van der Waals surface area contributed by atoms with Crippen LogP contribution in [0.15, 0.2) is 41.4 Å². The van der Waals surface area contributed by atoms with Crippen LogP contribution in [0, 0.1) is 0 Å². The Morgan fingerprint density at radius 2 is 1.73 bits per heavy atom. The maximum absolute atomic E-state index is 12.8. The van der Waals surface area contributed by atoms with Gasteiger partial charge in [-0.15, -0.1) is 0 Å². The van der Waals surface area contributed by atoms with E-state index in [9.17, 15) is 21.6 Å². The number of alkyl halides is 3. The molecule has 1 saturated heterocycles. The Bertz CT molecular complexity index is 986. The molecule has 0 N–H and O–H groups in total. The van der Waals surface area contributed by atoms with Gasteiger partial charge in [0.1, 0.15) is 5.82 Å². The zero-order chi connectivity index (χ0) is 21.9. The van der Waals surface area contributed by atoms with Crippen molar-refractivity contribution in [2.75, 3.05) is 43.4 Å². The molecule has 2 aromatic rings. The molecule has 3 rings (SSSR count). The first-order valence-electron chi connectivity index (χ1n) is 9.24. The Balaban J connectivity index is 1.61. The van der Waals surface area contributed by atoms with Crippen molar-refractivity contribution in [3.8, 4) is 0 Å². The normalized spacial score (nSPS) is 16.5. The first-order valence-corrected chi connectivity index (χ1v) is 11.7. The summed E-state index contributed by atoms with van der Waals surface area (Å²) in [6.45, 7) is 2.63. The second-order valence-corrected chi connectivity index (χ2v) is 9.94. The smallest absolute Gasteiger partial charge is 0.354 e. The number of halogens is 5. The predicted molar refractivity (Wildman–Crippen MR) is 111 cm³/mol. The molecule has 0 saturated carbocycles. The second-order valence-electron chi connectivity index (χ2n) is 6.98. The number of sulfone groups is 1. The van der Waals surface area contributed by atoms with Crippen LogP contribution >= 0.6 is 23.2 Å². The molecule has 0 unspecified atom stereocenters. The van der Waals surface area contributed by atoms with Crippen LogP contribution in [0.25, 0.3) is 0 Å². The number of nitrogens with zero attached hydrogens (tertiary/aromatic N) is 3. The van der Waals surface area contributed by atoms with Gasteiger partial charge in [0.25, 0.3) is 0 Å². The molecule has 0 aliphatic carbocycles. The molecule has 1 aromatic carbocycles. The maximum Gasteiger partial charge on any atom is 0.417 e. The van der Waals surface area contributed by atoms with Crippen LogP contribution < -0.4 is 4.90 Å². The van der Waals surface area contributed by atoms with Gasteiger partial charge in [-0.1, -0.05) is 23.2 Å². The number of aromatic nitrogens is 1. The van der Waals surface area contributed by atoms with Gasteiger partial charge in [0.05, 0.1) is 21.2 Å². The largest absolute Gasteiger partial charge is 0.417 e. The summed E-state index contributed by atoms with van der Waals surface area (Å²) in [6.07, 6.45) is -3.01. The standard InChI is InChI=1S/C19H20Cl2F3N3O2S/c20-15-2-4-16(5-3-15)30(28,29)11-10-26-6-1-7-27(9-8-26)18-17(21)12-14(13-25-18)19(22,23)24/h2-5,12-13H,1,6-11H2.